The molecular weight excluding hydrogens is 232 g/mol. The standard InChI is InChI=1S/C12H16N4O2/c17-16(18)12-2-1-11(9-15-12)14-8-5-10-3-6-13-7-4-10/h1-3,9,13-14H,4-8H2. The molecule has 0 unspecified atom stereocenters. The Morgan fingerprint density at radius 2 is 2.39 bits per heavy atom. The van der Waals surface area contributed by atoms with Crippen LogP contribution in [-0.2, 0) is 0 Å². The van der Waals surface area contributed by atoms with Gasteiger partial charge in [0.05, 0.1) is 5.69 Å². The minimum atomic E-state index is -0.496. The molecule has 96 valence electrons. The molecule has 6 nitrogen and oxygen atoms in total. The summed E-state index contributed by atoms with van der Waals surface area (Å²) in [6.45, 7) is 2.82. The molecule has 2 N–H and O–H groups in total. The summed E-state index contributed by atoms with van der Waals surface area (Å²) in [7, 11) is 0. The van der Waals surface area contributed by atoms with Gasteiger partial charge in [-0.05, 0) is 35.4 Å². The van der Waals surface area contributed by atoms with Crippen LogP contribution < -0.4 is 10.6 Å². The van der Waals surface area contributed by atoms with Gasteiger partial charge >= 0.3 is 5.82 Å². The second-order valence-electron chi connectivity index (χ2n) is 4.16. The minimum absolute atomic E-state index is 0.124. The Balaban J connectivity index is 1.79. The molecule has 0 radical (unpaired) electrons. The fourth-order valence-electron chi connectivity index (χ4n) is 1.86. The van der Waals surface area contributed by atoms with Gasteiger partial charge in [-0.3, -0.25) is 0 Å². The van der Waals surface area contributed by atoms with Gasteiger partial charge in [0, 0.05) is 19.2 Å². The smallest absolute Gasteiger partial charge is 0.363 e. The van der Waals surface area contributed by atoms with Gasteiger partial charge in [-0.2, -0.15) is 0 Å². The van der Waals surface area contributed by atoms with Gasteiger partial charge in [0.15, 0.2) is 6.20 Å². The van der Waals surface area contributed by atoms with Crippen LogP contribution in [0.15, 0.2) is 30.0 Å². The van der Waals surface area contributed by atoms with E-state index in [2.05, 4.69) is 21.7 Å². The van der Waals surface area contributed by atoms with Crippen molar-refractivity contribution in [3.8, 4) is 0 Å². The van der Waals surface area contributed by atoms with E-state index in [1.165, 1.54) is 17.8 Å². The van der Waals surface area contributed by atoms with E-state index >= 15 is 0 Å². The van der Waals surface area contributed by atoms with E-state index in [1.54, 1.807) is 6.07 Å². The average Bonchev–Trinajstić information content (AvgIpc) is 2.40. The highest BCUT2D eigenvalue weighted by Crippen LogP contribution is 2.13. The number of nitrogens with zero attached hydrogens (tertiary/aromatic N) is 2. The van der Waals surface area contributed by atoms with Gasteiger partial charge < -0.3 is 20.7 Å². The van der Waals surface area contributed by atoms with Crippen LogP contribution in [0.4, 0.5) is 11.5 Å². The molecule has 2 heterocycles. The van der Waals surface area contributed by atoms with Crippen LogP contribution >= 0.6 is 0 Å². The summed E-state index contributed by atoms with van der Waals surface area (Å²) in [5.74, 6) is -0.124. The summed E-state index contributed by atoms with van der Waals surface area (Å²) in [5, 5.41) is 16.9. The molecule has 1 aromatic heterocycles. The molecule has 2 rings (SSSR count). The van der Waals surface area contributed by atoms with E-state index in [1.807, 2.05) is 0 Å². The Morgan fingerprint density at radius 1 is 1.50 bits per heavy atom. The molecule has 1 aliphatic rings. The lowest BCUT2D eigenvalue weighted by Crippen LogP contribution is -2.21. The second-order valence-corrected chi connectivity index (χ2v) is 4.16. The van der Waals surface area contributed by atoms with E-state index in [0.29, 0.717) is 0 Å². The first-order chi connectivity index (χ1) is 8.75. The van der Waals surface area contributed by atoms with Crippen molar-refractivity contribution >= 4 is 11.5 Å². The summed E-state index contributed by atoms with van der Waals surface area (Å²) >= 11 is 0. The zero-order valence-electron chi connectivity index (χ0n) is 10.1. The largest absolute Gasteiger partial charge is 0.382 e. The monoisotopic (exact) mass is 248 g/mol. The quantitative estimate of drug-likeness (QED) is 0.471. The maximum absolute atomic E-state index is 10.4. The number of aromatic nitrogens is 1. The summed E-state index contributed by atoms with van der Waals surface area (Å²) < 4.78 is 0. The van der Waals surface area contributed by atoms with Crippen molar-refractivity contribution < 1.29 is 4.92 Å². The third-order valence-corrected chi connectivity index (χ3v) is 2.87. The normalized spacial score (nSPS) is 15.0. The summed E-state index contributed by atoms with van der Waals surface area (Å²) in [6.07, 6.45) is 5.81. The zero-order chi connectivity index (χ0) is 12.8. The third kappa shape index (κ3) is 3.53. The molecule has 0 saturated heterocycles. The van der Waals surface area contributed by atoms with Gasteiger partial charge in [0.25, 0.3) is 0 Å². The minimum Gasteiger partial charge on any atom is -0.382 e. The number of rotatable bonds is 5. The van der Waals surface area contributed by atoms with Gasteiger partial charge in [-0.1, -0.05) is 11.6 Å². The first-order valence-electron chi connectivity index (χ1n) is 5.98. The molecule has 18 heavy (non-hydrogen) atoms. The molecule has 1 aliphatic heterocycles. The number of nitro groups is 1. The van der Waals surface area contributed by atoms with E-state index in [9.17, 15) is 10.1 Å². The fourth-order valence-corrected chi connectivity index (χ4v) is 1.86. The molecule has 1 aromatic rings. The molecule has 0 aromatic carbocycles. The van der Waals surface area contributed by atoms with Crippen molar-refractivity contribution in [1.82, 2.24) is 10.3 Å². The number of anilines is 1. The van der Waals surface area contributed by atoms with Crippen molar-refractivity contribution in [3.05, 3.63) is 40.1 Å². The molecule has 0 fully saturated rings. The number of hydrogen-bond donors (Lipinski definition) is 2. The lowest BCUT2D eigenvalue weighted by Gasteiger charge is -2.14. The van der Waals surface area contributed by atoms with Crippen LogP contribution in [0.5, 0.6) is 0 Å². The first kappa shape index (κ1) is 12.5. The van der Waals surface area contributed by atoms with Crippen LogP contribution in [0.25, 0.3) is 0 Å². The topological polar surface area (TPSA) is 80.1 Å². The molecule has 6 heteroatoms. The highest BCUT2D eigenvalue weighted by atomic mass is 16.6. The van der Waals surface area contributed by atoms with E-state index < -0.39 is 4.92 Å². The number of hydrogen-bond acceptors (Lipinski definition) is 5. The average molecular weight is 248 g/mol. The van der Waals surface area contributed by atoms with E-state index in [0.717, 1.165) is 38.2 Å². The summed E-state index contributed by atoms with van der Waals surface area (Å²) in [4.78, 5) is 13.7. The summed E-state index contributed by atoms with van der Waals surface area (Å²) in [5.41, 5.74) is 2.27. The van der Waals surface area contributed by atoms with Gasteiger partial charge in [-0.15, -0.1) is 0 Å². The maximum Gasteiger partial charge on any atom is 0.363 e. The van der Waals surface area contributed by atoms with Gasteiger partial charge in [-0.25, -0.2) is 0 Å². The Hall–Kier alpha value is -1.95. The highest BCUT2D eigenvalue weighted by Gasteiger charge is 2.06. The van der Waals surface area contributed by atoms with Crippen LogP contribution in [0.2, 0.25) is 0 Å². The van der Waals surface area contributed by atoms with Crippen LogP contribution in [0, 0.1) is 10.1 Å². The molecular formula is C12H16N4O2. The predicted octanol–water partition coefficient (Wildman–Crippen LogP) is 1.71. The second kappa shape index (κ2) is 6.11. The SMILES string of the molecule is O=[N+]([O-])c1ccc(NCCC2=CCNCC2)cn1. The van der Waals surface area contributed by atoms with Crippen LogP contribution in [-0.4, -0.2) is 29.5 Å². The van der Waals surface area contributed by atoms with Crippen molar-refractivity contribution in [2.24, 2.45) is 0 Å². The van der Waals surface area contributed by atoms with Gasteiger partial charge in [0.2, 0.25) is 0 Å². The Kier molecular flexibility index (Phi) is 4.25. The Bertz CT molecular complexity index is 442. The Morgan fingerprint density at radius 3 is 3.00 bits per heavy atom. The number of nitrogens with one attached hydrogen (secondary N) is 2. The molecule has 0 bridgehead atoms. The zero-order valence-corrected chi connectivity index (χ0v) is 10.1. The lowest BCUT2D eigenvalue weighted by atomic mass is 10.1. The van der Waals surface area contributed by atoms with E-state index in [4.69, 9.17) is 0 Å². The first-order valence-corrected chi connectivity index (χ1v) is 5.98. The Labute approximate surface area is 105 Å². The van der Waals surface area contributed by atoms with Crippen molar-refractivity contribution in [3.63, 3.8) is 0 Å². The summed E-state index contributed by atoms with van der Waals surface area (Å²) in [6, 6.07) is 3.09. The van der Waals surface area contributed by atoms with Crippen LogP contribution in [0.1, 0.15) is 12.8 Å². The third-order valence-electron chi connectivity index (χ3n) is 2.87. The molecule has 0 spiro atoms. The molecule has 0 atom stereocenters. The highest BCUT2D eigenvalue weighted by molar-refractivity contribution is 5.43. The molecule has 0 aliphatic carbocycles. The lowest BCUT2D eigenvalue weighted by molar-refractivity contribution is -0.389. The fraction of sp³-hybridized carbons (Fsp3) is 0.417. The van der Waals surface area contributed by atoms with Gasteiger partial charge in [0.1, 0.15) is 0 Å². The molecule has 0 saturated carbocycles. The van der Waals surface area contributed by atoms with E-state index in [-0.39, 0.29) is 5.82 Å². The predicted molar refractivity (Wildman–Crippen MR) is 69.6 cm³/mol. The molecule has 0 amide bonds. The van der Waals surface area contributed by atoms with Crippen molar-refractivity contribution in [2.45, 2.75) is 12.8 Å². The maximum atomic E-state index is 10.4. The number of pyridine rings is 1. The van der Waals surface area contributed by atoms with Crippen molar-refractivity contribution in [2.75, 3.05) is 25.0 Å². The van der Waals surface area contributed by atoms with Crippen molar-refractivity contribution in [1.29, 1.82) is 0 Å². The van der Waals surface area contributed by atoms with Crippen LogP contribution in [0.3, 0.4) is 0 Å².